The van der Waals surface area contributed by atoms with Crippen molar-refractivity contribution in [3.05, 3.63) is 52.8 Å². The van der Waals surface area contributed by atoms with E-state index in [4.69, 9.17) is 16.3 Å². The lowest BCUT2D eigenvalue weighted by Gasteiger charge is -2.14. The van der Waals surface area contributed by atoms with Gasteiger partial charge in [-0.05, 0) is 50.7 Å². The van der Waals surface area contributed by atoms with Crippen molar-refractivity contribution in [2.45, 2.75) is 19.9 Å². The van der Waals surface area contributed by atoms with Crippen molar-refractivity contribution in [3.63, 3.8) is 0 Å². The molecule has 19 heavy (non-hydrogen) atoms. The third-order valence-corrected chi connectivity index (χ3v) is 3.39. The monoisotopic (exact) mass is 276 g/mol. The van der Waals surface area contributed by atoms with Crippen LogP contribution in [0, 0.1) is 6.92 Å². The molecule has 0 spiro atoms. The van der Waals surface area contributed by atoms with Crippen LogP contribution in [0.15, 0.2) is 36.5 Å². The minimum absolute atomic E-state index is 0.210. The zero-order valence-corrected chi connectivity index (χ0v) is 12.0. The third-order valence-electron chi connectivity index (χ3n) is 3.06. The van der Waals surface area contributed by atoms with E-state index in [-0.39, 0.29) is 6.04 Å². The highest BCUT2D eigenvalue weighted by molar-refractivity contribution is 6.31. The van der Waals surface area contributed by atoms with Crippen LogP contribution in [0.5, 0.6) is 11.5 Å². The number of nitrogens with one attached hydrogen (secondary N) is 1. The summed E-state index contributed by atoms with van der Waals surface area (Å²) in [6.45, 7) is 3.97. The van der Waals surface area contributed by atoms with Crippen molar-refractivity contribution >= 4 is 11.6 Å². The maximum Gasteiger partial charge on any atom is 0.148 e. The number of halogens is 1. The molecule has 0 aliphatic heterocycles. The second kappa shape index (κ2) is 6.04. The first-order chi connectivity index (χ1) is 9.11. The summed E-state index contributed by atoms with van der Waals surface area (Å²) in [6, 6.07) is 9.67. The Hall–Kier alpha value is -1.58. The molecule has 3 nitrogen and oxygen atoms in total. The van der Waals surface area contributed by atoms with Gasteiger partial charge >= 0.3 is 0 Å². The summed E-state index contributed by atoms with van der Waals surface area (Å²) in [5.74, 6) is 1.46. The Morgan fingerprint density at radius 3 is 2.74 bits per heavy atom. The van der Waals surface area contributed by atoms with Gasteiger partial charge in [0.25, 0.3) is 0 Å². The van der Waals surface area contributed by atoms with Gasteiger partial charge in [-0.25, -0.2) is 0 Å². The van der Waals surface area contributed by atoms with Crippen LogP contribution < -0.4 is 10.1 Å². The number of hydrogen-bond acceptors (Lipinski definition) is 3. The minimum Gasteiger partial charge on any atom is -0.455 e. The van der Waals surface area contributed by atoms with Gasteiger partial charge < -0.3 is 10.1 Å². The molecule has 2 aromatic rings. The van der Waals surface area contributed by atoms with E-state index in [0.29, 0.717) is 10.8 Å². The first-order valence-electron chi connectivity index (χ1n) is 6.18. The Labute approximate surface area is 118 Å². The average Bonchev–Trinajstić information content (AvgIpc) is 2.41. The van der Waals surface area contributed by atoms with Gasteiger partial charge in [-0.15, -0.1) is 0 Å². The molecular weight excluding hydrogens is 260 g/mol. The number of aryl methyl sites for hydroxylation is 1. The van der Waals surface area contributed by atoms with Gasteiger partial charge in [-0.2, -0.15) is 0 Å². The average molecular weight is 277 g/mol. The summed E-state index contributed by atoms with van der Waals surface area (Å²) in [5.41, 5.74) is 1.91. The molecule has 0 radical (unpaired) electrons. The fourth-order valence-electron chi connectivity index (χ4n) is 1.78. The Kier molecular flexibility index (Phi) is 4.40. The van der Waals surface area contributed by atoms with E-state index in [1.165, 1.54) is 0 Å². The molecule has 0 saturated heterocycles. The van der Waals surface area contributed by atoms with E-state index >= 15 is 0 Å². The summed E-state index contributed by atoms with van der Waals surface area (Å²) in [7, 11) is 1.91. The van der Waals surface area contributed by atoms with Crippen molar-refractivity contribution in [2.75, 3.05) is 7.05 Å². The molecule has 0 bridgehead atoms. The standard InChI is InChI=1S/C15H17ClN2O/c1-10(17-3)13-7-6-12(9-14(13)16)19-15-5-4-8-18-11(15)2/h4-10,17H,1-3H3. The van der Waals surface area contributed by atoms with Crippen LogP contribution in [-0.2, 0) is 0 Å². The second-order valence-corrected chi connectivity index (χ2v) is 4.79. The molecular formula is C15H17ClN2O. The summed E-state index contributed by atoms with van der Waals surface area (Å²) in [4.78, 5) is 4.19. The summed E-state index contributed by atoms with van der Waals surface area (Å²) >= 11 is 6.27. The number of rotatable bonds is 4. The van der Waals surface area contributed by atoms with Crippen molar-refractivity contribution in [3.8, 4) is 11.5 Å². The molecule has 0 fully saturated rings. The molecule has 100 valence electrons. The van der Waals surface area contributed by atoms with Gasteiger partial charge in [0.15, 0.2) is 0 Å². The van der Waals surface area contributed by atoms with Gasteiger partial charge in [0.1, 0.15) is 11.5 Å². The van der Waals surface area contributed by atoms with E-state index < -0.39 is 0 Å². The van der Waals surface area contributed by atoms with E-state index in [0.717, 1.165) is 17.0 Å². The SMILES string of the molecule is CNC(C)c1ccc(Oc2cccnc2C)cc1Cl. The van der Waals surface area contributed by atoms with Crippen molar-refractivity contribution in [1.82, 2.24) is 10.3 Å². The van der Waals surface area contributed by atoms with Crippen LogP contribution in [0.4, 0.5) is 0 Å². The molecule has 1 aromatic heterocycles. The van der Waals surface area contributed by atoms with Gasteiger partial charge in [0, 0.05) is 17.3 Å². The predicted octanol–water partition coefficient (Wildman–Crippen LogP) is 4.12. The number of aromatic nitrogens is 1. The third kappa shape index (κ3) is 3.25. The van der Waals surface area contributed by atoms with Gasteiger partial charge in [0.05, 0.1) is 5.69 Å². The van der Waals surface area contributed by atoms with Gasteiger partial charge in [-0.3, -0.25) is 4.98 Å². The van der Waals surface area contributed by atoms with Crippen LogP contribution in [-0.4, -0.2) is 12.0 Å². The van der Waals surface area contributed by atoms with Crippen LogP contribution in [0.3, 0.4) is 0 Å². The van der Waals surface area contributed by atoms with E-state index in [1.807, 2.05) is 44.3 Å². The second-order valence-electron chi connectivity index (χ2n) is 4.38. The molecule has 0 saturated carbocycles. The molecule has 4 heteroatoms. The van der Waals surface area contributed by atoms with E-state index in [9.17, 15) is 0 Å². The van der Waals surface area contributed by atoms with Gasteiger partial charge in [0.2, 0.25) is 0 Å². The number of pyridine rings is 1. The zero-order chi connectivity index (χ0) is 13.8. The first-order valence-corrected chi connectivity index (χ1v) is 6.56. The Bertz CT molecular complexity index is 572. The number of nitrogens with zero attached hydrogens (tertiary/aromatic N) is 1. The molecule has 0 aliphatic carbocycles. The molecule has 1 heterocycles. The zero-order valence-electron chi connectivity index (χ0n) is 11.3. The number of ether oxygens (including phenoxy) is 1. The molecule has 0 aliphatic rings. The summed E-state index contributed by atoms with van der Waals surface area (Å²) in [6.07, 6.45) is 1.74. The highest BCUT2D eigenvalue weighted by Crippen LogP contribution is 2.30. The summed E-state index contributed by atoms with van der Waals surface area (Å²) < 4.78 is 5.79. The molecule has 2 rings (SSSR count). The topological polar surface area (TPSA) is 34.1 Å². The van der Waals surface area contributed by atoms with E-state index in [2.05, 4.69) is 17.2 Å². The summed E-state index contributed by atoms with van der Waals surface area (Å²) in [5, 5.41) is 3.86. The van der Waals surface area contributed by atoms with Crippen molar-refractivity contribution in [1.29, 1.82) is 0 Å². The highest BCUT2D eigenvalue weighted by atomic mass is 35.5. The minimum atomic E-state index is 0.210. The molecule has 1 N–H and O–H groups in total. The molecule has 1 atom stereocenters. The fraction of sp³-hybridized carbons (Fsp3) is 0.267. The maximum absolute atomic E-state index is 6.27. The smallest absolute Gasteiger partial charge is 0.148 e. The Balaban J connectivity index is 2.24. The normalized spacial score (nSPS) is 12.2. The molecule has 1 aromatic carbocycles. The van der Waals surface area contributed by atoms with Crippen LogP contribution >= 0.6 is 11.6 Å². The fourth-order valence-corrected chi connectivity index (χ4v) is 2.12. The van der Waals surface area contributed by atoms with Crippen molar-refractivity contribution in [2.24, 2.45) is 0 Å². The van der Waals surface area contributed by atoms with Gasteiger partial charge in [-0.1, -0.05) is 17.7 Å². The highest BCUT2D eigenvalue weighted by Gasteiger charge is 2.09. The number of hydrogen-bond donors (Lipinski definition) is 1. The quantitative estimate of drug-likeness (QED) is 0.912. The van der Waals surface area contributed by atoms with Crippen LogP contribution in [0.1, 0.15) is 24.2 Å². The molecule has 1 unspecified atom stereocenters. The maximum atomic E-state index is 6.27. The van der Waals surface area contributed by atoms with Crippen LogP contribution in [0.25, 0.3) is 0 Å². The van der Waals surface area contributed by atoms with Crippen molar-refractivity contribution < 1.29 is 4.74 Å². The largest absolute Gasteiger partial charge is 0.455 e. The first kappa shape index (κ1) is 13.8. The Morgan fingerprint density at radius 2 is 2.11 bits per heavy atom. The Morgan fingerprint density at radius 1 is 1.32 bits per heavy atom. The predicted molar refractivity (Wildman–Crippen MR) is 78.0 cm³/mol. The van der Waals surface area contributed by atoms with E-state index in [1.54, 1.807) is 6.20 Å². The lowest BCUT2D eigenvalue weighted by Crippen LogP contribution is -2.12. The lowest BCUT2D eigenvalue weighted by atomic mass is 10.1. The lowest BCUT2D eigenvalue weighted by molar-refractivity contribution is 0.475. The van der Waals surface area contributed by atoms with Crippen LogP contribution in [0.2, 0.25) is 5.02 Å². The number of benzene rings is 1. The molecule has 0 amide bonds.